The summed E-state index contributed by atoms with van der Waals surface area (Å²) in [6.45, 7) is 16.7. The fourth-order valence-electron chi connectivity index (χ4n) is 10.9. The Morgan fingerprint density at radius 1 is 1.03 bits per heavy atom. The minimum Gasteiger partial charge on any atom is -0.508 e. The van der Waals surface area contributed by atoms with Gasteiger partial charge in [-0.2, -0.15) is 5.10 Å². The van der Waals surface area contributed by atoms with Crippen LogP contribution in [-0.4, -0.2) is 116 Å². The Hall–Kier alpha value is -7.13. The average molecular weight is 1100 g/mol. The Morgan fingerprint density at radius 2 is 1.73 bits per heavy atom. The summed E-state index contributed by atoms with van der Waals surface area (Å²) in [5.41, 5.74) is 1.97. The highest BCUT2D eigenvalue weighted by molar-refractivity contribution is 6.38. The number of anilines is 2. The number of phenols is 3. The molecule has 5 bridgehead atoms. The number of benzene rings is 3. The van der Waals surface area contributed by atoms with Crippen LogP contribution in [0.1, 0.15) is 101 Å². The first kappa shape index (κ1) is 57.1. The Labute approximate surface area is 454 Å². The molecule has 1 aliphatic carbocycles. The first-order valence-corrected chi connectivity index (χ1v) is 26.2. The lowest BCUT2D eigenvalue weighted by Crippen LogP contribution is -2.46. The average Bonchev–Trinajstić information content (AvgIpc) is 4.26. The van der Waals surface area contributed by atoms with Crippen LogP contribution < -0.4 is 25.8 Å². The van der Waals surface area contributed by atoms with Crippen LogP contribution in [0.4, 0.5) is 15.8 Å². The summed E-state index contributed by atoms with van der Waals surface area (Å²) < 4.78 is 41.6. The van der Waals surface area contributed by atoms with E-state index in [-0.39, 0.29) is 79.3 Å². The number of ketones is 1. The predicted molar refractivity (Wildman–Crippen MR) is 293 cm³/mol. The second kappa shape index (κ2) is 22.3. The Morgan fingerprint density at radius 3 is 2.38 bits per heavy atom. The van der Waals surface area contributed by atoms with E-state index >= 15 is 4.39 Å². The molecule has 4 aromatic rings. The lowest BCUT2D eigenvalue weighted by Gasteiger charge is -2.38. The molecule has 3 aromatic carbocycles. The summed E-state index contributed by atoms with van der Waals surface area (Å²) >= 11 is 6.97. The Balaban J connectivity index is 1.15. The summed E-state index contributed by atoms with van der Waals surface area (Å²) in [6, 6.07) is 1.15. The predicted octanol–water partition coefficient (Wildman–Crippen LogP) is 8.18. The van der Waals surface area contributed by atoms with Crippen molar-refractivity contribution in [2.24, 2.45) is 34.7 Å². The first-order valence-electron chi connectivity index (χ1n) is 25.9. The monoisotopic (exact) mass is 1100 g/mol. The standard InChI is InChI=1S/C57H67ClFN5O14/c1-25-12-11-13-26(2)56(74)62-44-36(22-61-60-21-33-16-18-63(23-33)46-38(59)20-35-45(43(46)58)64(34-14-15-34)24-37(31(7)65)50(35)70)51(71)40-41(52(44)72)49(69)30(6)54-42(40)55(73)57(9,78-54)76-19-17-39(75-10)27(3)53(77-32(8)66)29(5)48(68)28(4)47(25)67/h11-13,17,19-20,22,24-25,27-29,33-34,39,47-48,53,60,65,67-69,71-72H,7,14-16,18,21,23H2,1-6,8-10H3,(H,62,74)/b12-11+,19-17+,26-13-,61-22+/t25-,27+,28+,29+,33?,39-,47-,48+,53+,57-/m0/s1. The minimum atomic E-state index is -2.13. The third-order valence-electron chi connectivity index (χ3n) is 15.7. The molecule has 1 amide bonds. The highest BCUT2D eigenvalue weighted by Crippen LogP contribution is 2.55. The molecule has 5 heterocycles. The fourth-order valence-corrected chi connectivity index (χ4v) is 11.3. The van der Waals surface area contributed by atoms with Crippen LogP contribution in [0.3, 0.4) is 0 Å². The number of halogens is 2. The van der Waals surface area contributed by atoms with Gasteiger partial charge < -0.3 is 69.8 Å². The number of aliphatic hydroxyl groups is 3. The number of aliphatic hydroxyl groups excluding tert-OH is 3. The van der Waals surface area contributed by atoms with Gasteiger partial charge in [0.1, 0.15) is 34.9 Å². The van der Waals surface area contributed by atoms with Crippen LogP contribution >= 0.6 is 11.6 Å². The largest absolute Gasteiger partial charge is 0.508 e. The summed E-state index contributed by atoms with van der Waals surface area (Å²) in [4.78, 5) is 56.3. The van der Waals surface area contributed by atoms with Crippen molar-refractivity contribution < 1.29 is 68.4 Å². The minimum absolute atomic E-state index is 0.00973. The van der Waals surface area contributed by atoms with Crippen LogP contribution in [0.15, 0.2) is 64.9 Å². The van der Waals surface area contributed by atoms with Crippen molar-refractivity contribution in [3.05, 3.63) is 98.3 Å². The fraction of sp³-hybridized carbons (Fsp3) is 0.456. The SMILES string of the molecule is C=C(O)c1cn(C2CC2)c2c(Cl)c(N3CCC(CN/N=C/c4c5c(O)c6c(O)c(C)c7c(c6c4O)C(=O)[C@@](C)(O/C=C/[C@H](OC)[C@@H](C)[C@@H](OC(C)=O)[C@H](C)[C@H](O)[C@H](C)[C@@H](O)[C@@H](C)/C=C/C=C(/C)C(=O)N5)O7)C3)c(F)cc2c1=O. The van der Waals surface area contributed by atoms with E-state index in [2.05, 4.69) is 22.4 Å². The molecular formula is C57H67ClFN5O14. The van der Waals surface area contributed by atoms with Gasteiger partial charge in [0, 0.05) is 93.0 Å². The number of esters is 1. The van der Waals surface area contributed by atoms with Gasteiger partial charge in [0.05, 0.1) is 80.2 Å². The number of carbonyl (C=O) groups is 3. The normalized spacial score (nSPS) is 28.6. The van der Waals surface area contributed by atoms with Crippen LogP contribution in [0.25, 0.3) is 27.4 Å². The van der Waals surface area contributed by atoms with E-state index in [0.29, 0.717) is 25.0 Å². The number of Topliss-reactive ketones (excluding diaryl/α,β-unsaturated/α-hetero) is 1. The van der Waals surface area contributed by atoms with Gasteiger partial charge in [-0.25, -0.2) is 4.39 Å². The lowest BCUT2D eigenvalue weighted by molar-refractivity contribution is -0.160. The Kier molecular flexibility index (Phi) is 16.3. The number of carbonyl (C=O) groups excluding carboxylic acids is 3. The second-order valence-electron chi connectivity index (χ2n) is 21.2. The van der Waals surface area contributed by atoms with Crippen molar-refractivity contribution in [3.63, 3.8) is 0 Å². The highest BCUT2D eigenvalue weighted by atomic mass is 35.5. The second-order valence-corrected chi connectivity index (χ2v) is 21.6. The quantitative estimate of drug-likeness (QED) is 0.0196. The number of phenolic OH excluding ortho intramolecular Hbond substituents is 3. The van der Waals surface area contributed by atoms with E-state index in [4.69, 9.17) is 30.5 Å². The van der Waals surface area contributed by atoms with Gasteiger partial charge in [-0.1, -0.05) is 64.1 Å². The van der Waals surface area contributed by atoms with E-state index in [1.54, 1.807) is 49.3 Å². The van der Waals surface area contributed by atoms with Gasteiger partial charge in [-0.3, -0.25) is 19.2 Å². The van der Waals surface area contributed by atoms with E-state index in [9.17, 15) is 49.8 Å². The number of rotatable bonds is 9. The van der Waals surface area contributed by atoms with Crippen molar-refractivity contribution in [1.82, 2.24) is 9.99 Å². The van der Waals surface area contributed by atoms with Gasteiger partial charge in [0.25, 0.3) is 11.7 Å². The lowest BCUT2D eigenvalue weighted by atomic mass is 9.78. The zero-order valence-electron chi connectivity index (χ0n) is 44.9. The van der Waals surface area contributed by atoms with Crippen LogP contribution in [0.5, 0.6) is 23.0 Å². The molecule has 0 radical (unpaired) electrons. The maximum atomic E-state index is 16.1. The number of fused-ring (bicyclic) bond motifs is 15. The molecule has 1 saturated heterocycles. The molecule has 1 unspecified atom stereocenters. The molecule has 5 aliphatic rings. The molecule has 2 fully saturated rings. The molecule has 9 rings (SSSR count). The van der Waals surface area contributed by atoms with Crippen molar-refractivity contribution in [2.75, 3.05) is 37.0 Å². The smallest absolute Gasteiger partial charge is 0.312 e. The van der Waals surface area contributed by atoms with Gasteiger partial charge in [-0.15, -0.1) is 0 Å². The number of hydrogen-bond donors (Lipinski definition) is 8. The van der Waals surface area contributed by atoms with Crippen molar-refractivity contribution >= 4 is 74.3 Å². The molecular weight excluding hydrogens is 1030 g/mol. The maximum absolute atomic E-state index is 16.1. The number of hydrazone groups is 1. The maximum Gasteiger partial charge on any atom is 0.312 e. The number of aromatic nitrogens is 1. The van der Waals surface area contributed by atoms with Crippen LogP contribution in [0, 0.1) is 42.3 Å². The van der Waals surface area contributed by atoms with Crippen LogP contribution in [-0.2, 0) is 23.8 Å². The number of hydrogen-bond acceptors (Lipinski definition) is 17. The molecule has 1 saturated carbocycles. The number of methoxy groups -OCH3 is 1. The van der Waals surface area contributed by atoms with Gasteiger partial charge in [0.15, 0.2) is 11.2 Å². The topological polar surface area (TPSA) is 271 Å². The number of allylic oxidation sites excluding steroid dienone is 2. The summed E-state index contributed by atoms with van der Waals surface area (Å²) in [5.74, 6) is -10.5. The van der Waals surface area contributed by atoms with E-state index in [1.807, 2.05) is 0 Å². The highest BCUT2D eigenvalue weighted by Gasteiger charge is 2.50. The van der Waals surface area contributed by atoms with Gasteiger partial charge in [-0.05, 0) is 51.2 Å². The summed E-state index contributed by atoms with van der Waals surface area (Å²) in [6.07, 6.45) is 8.00. The molecule has 8 N–H and O–H groups in total. The number of ether oxygens (including phenoxy) is 4. The molecule has 1 aromatic heterocycles. The van der Waals surface area contributed by atoms with Crippen molar-refractivity contribution in [3.8, 4) is 23.0 Å². The van der Waals surface area contributed by atoms with Crippen molar-refractivity contribution in [2.45, 2.75) is 111 Å². The van der Waals surface area contributed by atoms with E-state index in [0.717, 1.165) is 31.4 Å². The van der Waals surface area contributed by atoms with E-state index < -0.39 is 111 Å². The number of nitrogens with one attached hydrogen (secondary N) is 2. The zero-order valence-corrected chi connectivity index (χ0v) is 45.6. The molecule has 0 spiro atoms. The van der Waals surface area contributed by atoms with Crippen molar-refractivity contribution in [1.29, 1.82) is 0 Å². The number of nitrogens with zero attached hydrogens (tertiary/aromatic N) is 3. The third kappa shape index (κ3) is 10.5. The number of pyridine rings is 1. The molecule has 78 heavy (non-hydrogen) atoms. The molecule has 19 nitrogen and oxygen atoms in total. The molecule has 10 atom stereocenters. The summed E-state index contributed by atoms with van der Waals surface area (Å²) in [7, 11) is 1.41. The van der Waals surface area contributed by atoms with Crippen LogP contribution in [0.2, 0.25) is 5.02 Å². The molecule has 4 aliphatic heterocycles. The first-order chi connectivity index (χ1) is 36.8. The van der Waals surface area contributed by atoms with Gasteiger partial charge >= 0.3 is 11.8 Å². The number of amides is 1. The summed E-state index contributed by atoms with van der Waals surface area (Å²) in [5, 5.41) is 75.8. The van der Waals surface area contributed by atoms with E-state index in [1.165, 1.54) is 53.2 Å². The zero-order chi connectivity index (χ0) is 57.0. The molecule has 21 heteroatoms. The van der Waals surface area contributed by atoms with Gasteiger partial charge in [0.2, 0.25) is 0 Å². The number of aromatic hydroxyl groups is 3. The Bertz CT molecular complexity index is 3300. The third-order valence-corrected chi connectivity index (χ3v) is 16.1. The molecule has 418 valence electrons.